The molecule has 0 unspecified atom stereocenters. The molecular weight excluding hydrogens is 386 g/mol. The molecule has 1 saturated heterocycles. The van der Waals surface area contributed by atoms with E-state index in [9.17, 15) is 14.7 Å². The summed E-state index contributed by atoms with van der Waals surface area (Å²) >= 11 is 0. The zero-order chi connectivity index (χ0) is 21.3. The van der Waals surface area contributed by atoms with Gasteiger partial charge in [-0.25, -0.2) is 4.52 Å². The Kier molecular flexibility index (Phi) is 5.31. The summed E-state index contributed by atoms with van der Waals surface area (Å²) in [5, 5.41) is 17.1. The molecule has 2 amide bonds. The molecule has 4 rings (SSSR count). The molecule has 1 aliphatic heterocycles. The minimum atomic E-state index is -1.27. The Hall–Kier alpha value is -3.17. The Morgan fingerprint density at radius 3 is 2.73 bits per heavy atom. The highest BCUT2D eigenvalue weighted by atomic mass is 16.5. The van der Waals surface area contributed by atoms with E-state index >= 15 is 0 Å². The van der Waals surface area contributed by atoms with E-state index in [-0.39, 0.29) is 12.5 Å². The van der Waals surface area contributed by atoms with Crippen LogP contribution in [0.15, 0.2) is 48.9 Å². The molecule has 0 bridgehead atoms. The summed E-state index contributed by atoms with van der Waals surface area (Å²) < 4.78 is 8.93. The number of aliphatic hydroxyl groups is 1. The number of imidazole rings is 1. The average molecular weight is 411 g/mol. The van der Waals surface area contributed by atoms with Crippen molar-refractivity contribution in [2.24, 2.45) is 7.05 Å². The number of benzene rings is 1. The molecule has 30 heavy (non-hydrogen) atoms. The Balaban J connectivity index is 1.27. The van der Waals surface area contributed by atoms with Crippen LogP contribution < -0.4 is 5.32 Å². The number of hydrogen-bond donors (Lipinski definition) is 2. The van der Waals surface area contributed by atoms with Crippen molar-refractivity contribution >= 4 is 17.5 Å². The maximum Gasteiger partial charge on any atom is 0.259 e. The number of likely N-dealkylation sites (tertiary alicyclic amines) is 1. The second kappa shape index (κ2) is 7.92. The van der Waals surface area contributed by atoms with Gasteiger partial charge in [0.15, 0.2) is 6.10 Å². The summed E-state index contributed by atoms with van der Waals surface area (Å²) in [5.41, 5.74) is 1.62. The topological polar surface area (TPSA) is 101 Å². The van der Waals surface area contributed by atoms with Crippen LogP contribution in [0.2, 0.25) is 0 Å². The van der Waals surface area contributed by atoms with Crippen molar-refractivity contribution < 1.29 is 19.4 Å². The summed E-state index contributed by atoms with van der Waals surface area (Å²) in [7, 11) is 1.86. The zero-order valence-electron chi connectivity index (χ0n) is 17.0. The van der Waals surface area contributed by atoms with E-state index in [0.717, 1.165) is 11.2 Å². The van der Waals surface area contributed by atoms with Crippen LogP contribution in [-0.2, 0) is 23.2 Å². The fraction of sp³-hybridized carbons (Fsp3) is 0.381. The first-order valence-electron chi connectivity index (χ1n) is 9.76. The minimum Gasteiger partial charge on any atom is -0.381 e. The Morgan fingerprint density at radius 1 is 1.27 bits per heavy atom. The SMILES string of the molecule is Cn1ccn2ncc(C(=O)N3CC(C)(NC(=O)[C@@H](O)COCc4ccccc4)C3)c12. The molecule has 2 N–H and O–H groups in total. The minimum absolute atomic E-state index is 0.0959. The molecule has 0 aliphatic carbocycles. The van der Waals surface area contributed by atoms with Gasteiger partial charge in [0.2, 0.25) is 0 Å². The number of nitrogens with one attached hydrogen (secondary N) is 1. The van der Waals surface area contributed by atoms with Crippen molar-refractivity contribution in [1.29, 1.82) is 0 Å². The summed E-state index contributed by atoms with van der Waals surface area (Å²) in [6.45, 7) is 2.79. The highest BCUT2D eigenvalue weighted by Gasteiger charge is 2.44. The standard InChI is InChI=1S/C21H25N5O4/c1-21(23-18(28)17(27)12-30-11-15-6-4-3-5-7-15)13-25(14-21)20(29)16-10-22-26-9-8-24(2)19(16)26/h3-10,17,27H,11-14H2,1-2H3,(H,23,28)/t17-/m0/s1. The second-order valence-corrected chi connectivity index (χ2v) is 7.96. The first-order valence-corrected chi connectivity index (χ1v) is 9.76. The van der Waals surface area contributed by atoms with E-state index in [2.05, 4.69) is 10.4 Å². The van der Waals surface area contributed by atoms with Crippen molar-refractivity contribution in [2.75, 3.05) is 19.7 Å². The number of rotatable bonds is 7. The van der Waals surface area contributed by atoms with E-state index < -0.39 is 17.6 Å². The first kappa shape index (κ1) is 20.1. The number of carbonyl (C=O) groups is 2. The first-order chi connectivity index (χ1) is 14.4. The molecule has 0 spiro atoms. The lowest BCUT2D eigenvalue weighted by molar-refractivity contribution is -0.136. The van der Waals surface area contributed by atoms with Gasteiger partial charge in [-0.2, -0.15) is 5.10 Å². The summed E-state index contributed by atoms with van der Waals surface area (Å²) in [4.78, 5) is 26.8. The Morgan fingerprint density at radius 2 is 2.00 bits per heavy atom. The third-order valence-corrected chi connectivity index (χ3v) is 5.25. The maximum atomic E-state index is 12.8. The predicted molar refractivity (Wildman–Crippen MR) is 109 cm³/mol. The molecule has 1 aliphatic rings. The molecule has 1 fully saturated rings. The molecule has 0 saturated carbocycles. The lowest BCUT2D eigenvalue weighted by Crippen LogP contribution is -2.70. The molecule has 9 nitrogen and oxygen atoms in total. The van der Waals surface area contributed by atoms with Gasteiger partial charge in [0, 0.05) is 32.5 Å². The summed E-state index contributed by atoms with van der Waals surface area (Å²) in [6.07, 6.45) is 3.91. The number of aryl methyl sites for hydroxylation is 1. The van der Waals surface area contributed by atoms with Crippen LogP contribution in [0, 0.1) is 0 Å². The highest BCUT2D eigenvalue weighted by molar-refractivity contribution is 6.00. The molecule has 0 radical (unpaired) electrons. The van der Waals surface area contributed by atoms with Crippen LogP contribution in [0.5, 0.6) is 0 Å². The molecule has 2 aromatic heterocycles. The monoisotopic (exact) mass is 411 g/mol. The van der Waals surface area contributed by atoms with Gasteiger partial charge in [0.05, 0.1) is 24.9 Å². The number of aromatic nitrogens is 3. The van der Waals surface area contributed by atoms with Crippen LogP contribution in [0.4, 0.5) is 0 Å². The van der Waals surface area contributed by atoms with E-state index in [1.54, 1.807) is 21.8 Å². The number of amides is 2. The molecule has 3 aromatic rings. The maximum absolute atomic E-state index is 12.8. The zero-order valence-corrected chi connectivity index (χ0v) is 17.0. The fourth-order valence-corrected chi connectivity index (χ4v) is 3.71. The molecule has 9 heteroatoms. The number of aliphatic hydroxyl groups excluding tert-OH is 1. The third kappa shape index (κ3) is 3.94. The van der Waals surface area contributed by atoms with Crippen molar-refractivity contribution in [2.45, 2.75) is 25.2 Å². The van der Waals surface area contributed by atoms with Crippen molar-refractivity contribution in [1.82, 2.24) is 24.4 Å². The Bertz CT molecular complexity index is 1050. The smallest absolute Gasteiger partial charge is 0.259 e. The lowest BCUT2D eigenvalue weighted by Gasteiger charge is -2.48. The van der Waals surface area contributed by atoms with Crippen LogP contribution >= 0.6 is 0 Å². The van der Waals surface area contributed by atoms with Gasteiger partial charge in [-0.05, 0) is 12.5 Å². The van der Waals surface area contributed by atoms with Gasteiger partial charge in [0.25, 0.3) is 11.8 Å². The molecule has 1 atom stereocenters. The van der Waals surface area contributed by atoms with E-state index in [1.165, 1.54) is 0 Å². The van der Waals surface area contributed by atoms with Crippen LogP contribution in [0.25, 0.3) is 5.65 Å². The predicted octanol–water partition coefficient (Wildman–Crippen LogP) is 0.581. The van der Waals surface area contributed by atoms with Gasteiger partial charge < -0.3 is 24.6 Å². The third-order valence-electron chi connectivity index (χ3n) is 5.25. The van der Waals surface area contributed by atoms with Gasteiger partial charge >= 0.3 is 0 Å². The van der Waals surface area contributed by atoms with Gasteiger partial charge in [-0.15, -0.1) is 0 Å². The number of fused-ring (bicyclic) bond motifs is 1. The Labute approximate surface area is 173 Å². The fourth-order valence-electron chi connectivity index (χ4n) is 3.71. The average Bonchev–Trinajstić information content (AvgIpc) is 3.29. The quantitative estimate of drug-likeness (QED) is 0.592. The van der Waals surface area contributed by atoms with E-state index in [4.69, 9.17) is 4.74 Å². The lowest BCUT2D eigenvalue weighted by atomic mass is 9.91. The number of hydrogen-bond acceptors (Lipinski definition) is 5. The largest absolute Gasteiger partial charge is 0.381 e. The molecule has 1 aromatic carbocycles. The van der Waals surface area contributed by atoms with Gasteiger partial charge in [-0.1, -0.05) is 30.3 Å². The van der Waals surface area contributed by atoms with E-state index in [0.29, 0.717) is 25.3 Å². The number of nitrogens with zero attached hydrogens (tertiary/aromatic N) is 4. The van der Waals surface area contributed by atoms with E-state index in [1.807, 2.05) is 55.1 Å². The van der Waals surface area contributed by atoms with Crippen LogP contribution in [0.1, 0.15) is 22.8 Å². The normalized spacial score (nSPS) is 16.3. The second-order valence-electron chi connectivity index (χ2n) is 7.96. The van der Waals surface area contributed by atoms with Crippen molar-refractivity contribution in [3.05, 3.63) is 60.0 Å². The van der Waals surface area contributed by atoms with Gasteiger partial charge in [-0.3, -0.25) is 9.59 Å². The summed E-state index contributed by atoms with van der Waals surface area (Å²) in [6, 6.07) is 9.54. The number of ether oxygens (including phenoxy) is 1. The van der Waals surface area contributed by atoms with Crippen molar-refractivity contribution in [3.63, 3.8) is 0 Å². The molecule has 158 valence electrons. The highest BCUT2D eigenvalue weighted by Crippen LogP contribution is 2.24. The van der Waals surface area contributed by atoms with Crippen molar-refractivity contribution in [3.8, 4) is 0 Å². The molecule has 3 heterocycles. The molecular formula is C21H25N5O4. The van der Waals surface area contributed by atoms with Crippen LogP contribution in [-0.4, -0.2) is 67.3 Å². The van der Waals surface area contributed by atoms with Gasteiger partial charge in [0.1, 0.15) is 11.2 Å². The van der Waals surface area contributed by atoms with Crippen LogP contribution in [0.3, 0.4) is 0 Å². The number of carbonyl (C=O) groups excluding carboxylic acids is 2. The summed E-state index contributed by atoms with van der Waals surface area (Å²) in [5.74, 6) is -0.640.